The summed E-state index contributed by atoms with van der Waals surface area (Å²) >= 11 is 0. The lowest BCUT2D eigenvalue weighted by molar-refractivity contribution is -0.132. The third kappa shape index (κ3) is 5.38. The van der Waals surface area contributed by atoms with E-state index in [1.807, 2.05) is 4.90 Å². The summed E-state index contributed by atoms with van der Waals surface area (Å²) in [5.41, 5.74) is 5.78. The van der Waals surface area contributed by atoms with Crippen molar-refractivity contribution in [2.75, 3.05) is 13.1 Å². The average molecular weight is 235 g/mol. The smallest absolute Gasteiger partial charge is 0.222 e. The van der Waals surface area contributed by atoms with Crippen LogP contribution in [0.1, 0.15) is 45.4 Å². The quantitative estimate of drug-likeness (QED) is 0.756. The van der Waals surface area contributed by atoms with Gasteiger partial charge in [-0.1, -0.05) is 19.8 Å². The average Bonchev–Trinajstić information content (AvgIpc) is 2.19. The van der Waals surface area contributed by atoms with Crippen molar-refractivity contribution in [2.45, 2.75) is 51.5 Å². The molecule has 3 nitrogen and oxygen atoms in total. The monoisotopic (exact) mass is 234 g/mol. The van der Waals surface area contributed by atoms with Gasteiger partial charge >= 0.3 is 0 Å². The molecule has 0 aromatic carbocycles. The van der Waals surface area contributed by atoms with Crippen LogP contribution in [0.3, 0.4) is 0 Å². The Morgan fingerprint density at radius 1 is 1.33 bits per heavy atom. The van der Waals surface area contributed by atoms with Gasteiger partial charge in [-0.25, -0.2) is 0 Å². The lowest BCUT2D eigenvalue weighted by atomic mass is 10.1. The van der Waals surface area contributed by atoms with E-state index in [2.05, 4.69) is 6.92 Å². The fourth-order valence-corrected chi connectivity index (χ4v) is 1.83. The molecule has 15 heavy (non-hydrogen) atoms. The Labute approximate surface area is 98.8 Å². The predicted octanol–water partition coefficient (Wildman–Crippen LogP) is 1.94. The number of amides is 1. The van der Waals surface area contributed by atoms with E-state index in [4.69, 9.17) is 5.73 Å². The van der Waals surface area contributed by atoms with Gasteiger partial charge in [0.1, 0.15) is 0 Å². The van der Waals surface area contributed by atoms with Crippen LogP contribution in [-0.2, 0) is 4.79 Å². The predicted molar refractivity (Wildman–Crippen MR) is 65.2 cm³/mol. The van der Waals surface area contributed by atoms with Crippen LogP contribution >= 0.6 is 12.4 Å². The van der Waals surface area contributed by atoms with Crippen LogP contribution in [0.5, 0.6) is 0 Å². The maximum Gasteiger partial charge on any atom is 0.222 e. The highest BCUT2D eigenvalue weighted by Crippen LogP contribution is 2.11. The summed E-state index contributed by atoms with van der Waals surface area (Å²) in [6, 6.07) is 0.315. The molecule has 1 aliphatic heterocycles. The van der Waals surface area contributed by atoms with Crippen LogP contribution in [0.4, 0.5) is 0 Å². The topological polar surface area (TPSA) is 46.3 Å². The largest absolute Gasteiger partial charge is 0.343 e. The highest BCUT2D eigenvalue weighted by Gasteiger charge is 2.19. The summed E-state index contributed by atoms with van der Waals surface area (Å²) in [4.78, 5) is 13.6. The lowest BCUT2D eigenvalue weighted by Gasteiger charge is -2.30. The molecular formula is C11H23ClN2O. The third-order valence-electron chi connectivity index (χ3n) is 2.89. The van der Waals surface area contributed by atoms with Crippen molar-refractivity contribution in [2.24, 2.45) is 5.73 Å². The Bertz CT molecular complexity index is 179. The van der Waals surface area contributed by atoms with Gasteiger partial charge in [-0.05, 0) is 19.3 Å². The number of nitrogens with two attached hydrogens (primary N) is 1. The van der Waals surface area contributed by atoms with Crippen molar-refractivity contribution < 1.29 is 4.79 Å². The second kappa shape index (κ2) is 7.94. The molecule has 0 radical (unpaired) electrons. The Morgan fingerprint density at radius 2 is 1.93 bits per heavy atom. The fraction of sp³-hybridized carbons (Fsp3) is 0.909. The molecule has 4 heteroatoms. The van der Waals surface area contributed by atoms with E-state index in [1.54, 1.807) is 0 Å². The molecule has 0 unspecified atom stereocenters. The Morgan fingerprint density at radius 3 is 2.47 bits per heavy atom. The number of rotatable bonds is 4. The van der Waals surface area contributed by atoms with Gasteiger partial charge in [0.15, 0.2) is 0 Å². The number of unbranched alkanes of at least 4 members (excludes halogenated alkanes) is 2. The molecule has 1 aliphatic rings. The fourth-order valence-electron chi connectivity index (χ4n) is 1.83. The van der Waals surface area contributed by atoms with E-state index in [-0.39, 0.29) is 12.4 Å². The first kappa shape index (κ1) is 14.7. The molecule has 1 saturated heterocycles. The minimum absolute atomic E-state index is 0. The molecule has 1 rings (SSSR count). The Balaban J connectivity index is 0.00000196. The molecule has 0 bridgehead atoms. The molecule has 2 N–H and O–H groups in total. The van der Waals surface area contributed by atoms with Crippen molar-refractivity contribution in [3.63, 3.8) is 0 Å². The molecule has 90 valence electrons. The zero-order chi connectivity index (χ0) is 10.4. The van der Waals surface area contributed by atoms with Crippen LogP contribution in [0.15, 0.2) is 0 Å². The minimum Gasteiger partial charge on any atom is -0.343 e. The SMILES string of the molecule is CCCCCC(=O)N1CCC(N)CC1.Cl. The molecule has 0 saturated carbocycles. The minimum atomic E-state index is 0. The van der Waals surface area contributed by atoms with E-state index in [0.29, 0.717) is 11.9 Å². The van der Waals surface area contributed by atoms with Crippen molar-refractivity contribution in [1.29, 1.82) is 0 Å². The summed E-state index contributed by atoms with van der Waals surface area (Å²) in [7, 11) is 0. The number of nitrogens with zero attached hydrogens (tertiary/aromatic N) is 1. The molecule has 0 aliphatic carbocycles. The zero-order valence-corrected chi connectivity index (χ0v) is 10.4. The zero-order valence-electron chi connectivity index (χ0n) is 9.58. The number of likely N-dealkylation sites (tertiary alicyclic amines) is 1. The van der Waals surface area contributed by atoms with Crippen molar-refractivity contribution in [1.82, 2.24) is 4.90 Å². The third-order valence-corrected chi connectivity index (χ3v) is 2.89. The molecule has 0 aromatic heterocycles. The first-order valence-corrected chi connectivity index (χ1v) is 5.77. The molecule has 1 heterocycles. The lowest BCUT2D eigenvalue weighted by Crippen LogP contribution is -2.42. The van der Waals surface area contributed by atoms with Crippen LogP contribution < -0.4 is 5.73 Å². The molecule has 1 fully saturated rings. The maximum absolute atomic E-state index is 11.7. The van der Waals surface area contributed by atoms with Gasteiger partial charge < -0.3 is 10.6 Å². The van der Waals surface area contributed by atoms with Crippen LogP contribution in [0, 0.1) is 0 Å². The van der Waals surface area contributed by atoms with Gasteiger partial charge in [0, 0.05) is 25.6 Å². The van der Waals surface area contributed by atoms with Gasteiger partial charge in [-0.3, -0.25) is 4.79 Å². The second-order valence-corrected chi connectivity index (χ2v) is 4.18. The van der Waals surface area contributed by atoms with E-state index in [0.717, 1.165) is 38.8 Å². The number of hydrogen-bond acceptors (Lipinski definition) is 2. The summed E-state index contributed by atoms with van der Waals surface area (Å²) in [5, 5.41) is 0. The van der Waals surface area contributed by atoms with Crippen molar-refractivity contribution in [3.8, 4) is 0 Å². The molecule has 0 atom stereocenters. The van der Waals surface area contributed by atoms with Crippen molar-refractivity contribution >= 4 is 18.3 Å². The van der Waals surface area contributed by atoms with E-state index < -0.39 is 0 Å². The Hall–Kier alpha value is -0.280. The number of carbonyl (C=O) groups excluding carboxylic acids is 1. The van der Waals surface area contributed by atoms with Crippen LogP contribution in [0.2, 0.25) is 0 Å². The normalized spacial score (nSPS) is 17.3. The van der Waals surface area contributed by atoms with Crippen LogP contribution in [-0.4, -0.2) is 29.9 Å². The highest BCUT2D eigenvalue weighted by atomic mass is 35.5. The standard InChI is InChI=1S/C11H22N2O.ClH/c1-2-3-4-5-11(14)13-8-6-10(12)7-9-13;/h10H,2-9,12H2,1H3;1H. The molecule has 1 amide bonds. The van der Waals surface area contributed by atoms with Gasteiger partial charge in [0.05, 0.1) is 0 Å². The second-order valence-electron chi connectivity index (χ2n) is 4.18. The van der Waals surface area contributed by atoms with Gasteiger partial charge in [-0.15, -0.1) is 12.4 Å². The Kier molecular flexibility index (Phi) is 7.79. The van der Waals surface area contributed by atoms with Crippen LogP contribution in [0.25, 0.3) is 0 Å². The summed E-state index contributed by atoms with van der Waals surface area (Å²) in [5.74, 6) is 0.324. The number of hydrogen-bond donors (Lipinski definition) is 1. The summed E-state index contributed by atoms with van der Waals surface area (Å²) in [6.07, 6.45) is 6.05. The van der Waals surface area contributed by atoms with E-state index >= 15 is 0 Å². The van der Waals surface area contributed by atoms with Gasteiger partial charge in [-0.2, -0.15) is 0 Å². The van der Waals surface area contributed by atoms with E-state index in [9.17, 15) is 4.79 Å². The summed E-state index contributed by atoms with van der Waals surface area (Å²) in [6.45, 7) is 3.89. The van der Waals surface area contributed by atoms with Gasteiger partial charge in [0.25, 0.3) is 0 Å². The van der Waals surface area contributed by atoms with Gasteiger partial charge in [0.2, 0.25) is 5.91 Å². The molecular weight excluding hydrogens is 212 g/mol. The number of piperidine rings is 1. The van der Waals surface area contributed by atoms with Crippen molar-refractivity contribution in [3.05, 3.63) is 0 Å². The first-order chi connectivity index (χ1) is 6.74. The highest BCUT2D eigenvalue weighted by molar-refractivity contribution is 5.85. The van der Waals surface area contributed by atoms with E-state index in [1.165, 1.54) is 12.8 Å². The number of halogens is 1. The first-order valence-electron chi connectivity index (χ1n) is 5.77. The summed E-state index contributed by atoms with van der Waals surface area (Å²) < 4.78 is 0. The maximum atomic E-state index is 11.7. The molecule has 0 spiro atoms. The molecule has 0 aromatic rings. The number of carbonyl (C=O) groups is 1.